The molecule has 0 bridgehead atoms. The topological polar surface area (TPSA) is 29.1 Å². The SMILES string of the molecule is O=C(NCCSCc1ccc(Cl)cc1Cl)c1cccc(I)c1. The van der Waals surface area contributed by atoms with Crippen LogP contribution >= 0.6 is 57.6 Å². The average molecular weight is 466 g/mol. The molecular formula is C16H14Cl2INOS. The molecule has 0 spiro atoms. The van der Waals surface area contributed by atoms with Crippen LogP contribution < -0.4 is 5.32 Å². The zero-order valence-electron chi connectivity index (χ0n) is 11.6. The van der Waals surface area contributed by atoms with Gasteiger partial charge in [0.15, 0.2) is 0 Å². The number of hydrogen-bond donors (Lipinski definition) is 1. The largest absolute Gasteiger partial charge is 0.351 e. The van der Waals surface area contributed by atoms with E-state index in [1.165, 1.54) is 0 Å². The minimum atomic E-state index is -0.0383. The number of carbonyl (C=O) groups is 1. The lowest BCUT2D eigenvalue weighted by molar-refractivity contribution is 0.0956. The molecule has 1 N–H and O–H groups in total. The minimum absolute atomic E-state index is 0.0383. The molecule has 0 fully saturated rings. The van der Waals surface area contributed by atoms with Crippen LogP contribution in [-0.4, -0.2) is 18.2 Å². The zero-order chi connectivity index (χ0) is 15.9. The summed E-state index contributed by atoms with van der Waals surface area (Å²) in [5, 5.41) is 4.24. The molecule has 6 heteroatoms. The van der Waals surface area contributed by atoms with Crippen molar-refractivity contribution in [3.05, 3.63) is 67.2 Å². The summed E-state index contributed by atoms with van der Waals surface area (Å²) in [6.07, 6.45) is 0. The minimum Gasteiger partial charge on any atom is -0.351 e. The van der Waals surface area contributed by atoms with Gasteiger partial charge in [0, 0.05) is 37.2 Å². The van der Waals surface area contributed by atoms with Crippen molar-refractivity contribution in [2.24, 2.45) is 0 Å². The van der Waals surface area contributed by atoms with Gasteiger partial charge < -0.3 is 5.32 Å². The zero-order valence-corrected chi connectivity index (χ0v) is 16.1. The Balaban J connectivity index is 1.72. The summed E-state index contributed by atoms with van der Waals surface area (Å²) in [7, 11) is 0. The molecule has 0 aliphatic heterocycles. The fourth-order valence-corrected chi connectivity index (χ4v) is 3.75. The van der Waals surface area contributed by atoms with Crippen molar-refractivity contribution in [1.82, 2.24) is 5.32 Å². The predicted octanol–water partition coefficient (Wildman–Crippen LogP) is 5.26. The standard InChI is InChI=1S/C16H14Cl2INOS/c17-13-5-4-12(15(18)9-13)10-22-7-6-20-16(21)11-2-1-3-14(19)8-11/h1-5,8-9H,6-7,10H2,(H,20,21). The molecule has 22 heavy (non-hydrogen) atoms. The quantitative estimate of drug-likeness (QED) is 0.465. The number of carbonyl (C=O) groups excluding carboxylic acids is 1. The van der Waals surface area contributed by atoms with Crippen molar-refractivity contribution in [3.8, 4) is 0 Å². The van der Waals surface area contributed by atoms with Gasteiger partial charge in [0.05, 0.1) is 0 Å². The first-order chi connectivity index (χ1) is 10.6. The molecule has 0 aromatic heterocycles. The highest BCUT2D eigenvalue weighted by molar-refractivity contribution is 14.1. The summed E-state index contributed by atoms with van der Waals surface area (Å²) in [5.41, 5.74) is 1.75. The van der Waals surface area contributed by atoms with Gasteiger partial charge in [-0.25, -0.2) is 0 Å². The lowest BCUT2D eigenvalue weighted by Gasteiger charge is -2.07. The number of rotatable bonds is 6. The molecule has 2 aromatic carbocycles. The lowest BCUT2D eigenvalue weighted by Crippen LogP contribution is -2.25. The molecule has 2 aromatic rings. The number of halogens is 3. The molecule has 0 radical (unpaired) electrons. The summed E-state index contributed by atoms with van der Waals surface area (Å²) >= 11 is 15.9. The van der Waals surface area contributed by atoms with E-state index in [0.717, 1.165) is 20.6 Å². The molecular weight excluding hydrogens is 452 g/mol. The van der Waals surface area contributed by atoms with E-state index in [0.29, 0.717) is 22.2 Å². The number of thioether (sulfide) groups is 1. The first kappa shape index (κ1) is 17.9. The second-order valence-electron chi connectivity index (χ2n) is 4.55. The monoisotopic (exact) mass is 465 g/mol. The predicted molar refractivity (Wildman–Crippen MR) is 104 cm³/mol. The summed E-state index contributed by atoms with van der Waals surface area (Å²) in [6, 6.07) is 13.0. The Morgan fingerprint density at radius 3 is 2.73 bits per heavy atom. The average Bonchev–Trinajstić information content (AvgIpc) is 2.48. The first-order valence-electron chi connectivity index (χ1n) is 6.61. The van der Waals surface area contributed by atoms with Crippen molar-refractivity contribution >= 4 is 63.5 Å². The summed E-state index contributed by atoms with van der Waals surface area (Å²) in [4.78, 5) is 12.0. The molecule has 0 aliphatic carbocycles. The Morgan fingerprint density at radius 2 is 2.00 bits per heavy atom. The van der Waals surface area contributed by atoms with Gasteiger partial charge in [-0.3, -0.25) is 4.79 Å². The molecule has 0 saturated carbocycles. The molecule has 2 nitrogen and oxygen atoms in total. The van der Waals surface area contributed by atoms with Crippen LogP contribution in [0.3, 0.4) is 0 Å². The maximum Gasteiger partial charge on any atom is 0.251 e. The van der Waals surface area contributed by atoms with E-state index in [1.54, 1.807) is 17.8 Å². The molecule has 0 aliphatic rings. The van der Waals surface area contributed by atoms with Crippen molar-refractivity contribution < 1.29 is 4.79 Å². The van der Waals surface area contributed by atoms with E-state index in [9.17, 15) is 4.79 Å². The van der Waals surface area contributed by atoms with Crippen LogP contribution in [0.1, 0.15) is 15.9 Å². The Morgan fingerprint density at radius 1 is 1.18 bits per heavy atom. The van der Waals surface area contributed by atoms with Crippen molar-refractivity contribution in [3.63, 3.8) is 0 Å². The second-order valence-corrected chi connectivity index (χ2v) is 7.75. The van der Waals surface area contributed by atoms with Crippen LogP contribution in [-0.2, 0) is 5.75 Å². The van der Waals surface area contributed by atoms with Gasteiger partial charge in [-0.1, -0.05) is 35.3 Å². The maximum absolute atomic E-state index is 12.0. The molecule has 116 valence electrons. The molecule has 0 saturated heterocycles. The molecule has 2 rings (SSSR count). The van der Waals surface area contributed by atoms with Crippen LogP contribution in [0.15, 0.2) is 42.5 Å². The van der Waals surface area contributed by atoms with Gasteiger partial charge in [-0.15, -0.1) is 0 Å². The number of nitrogens with one attached hydrogen (secondary N) is 1. The third-order valence-electron chi connectivity index (χ3n) is 2.89. The highest BCUT2D eigenvalue weighted by atomic mass is 127. The van der Waals surface area contributed by atoms with Crippen LogP contribution in [0.2, 0.25) is 10.0 Å². The van der Waals surface area contributed by atoms with Crippen LogP contribution in [0, 0.1) is 3.57 Å². The van der Waals surface area contributed by atoms with Gasteiger partial charge in [-0.05, 0) is 58.5 Å². The van der Waals surface area contributed by atoms with Gasteiger partial charge >= 0.3 is 0 Å². The van der Waals surface area contributed by atoms with Crippen molar-refractivity contribution in [1.29, 1.82) is 0 Å². The van der Waals surface area contributed by atoms with E-state index >= 15 is 0 Å². The maximum atomic E-state index is 12.0. The number of amides is 1. The van der Waals surface area contributed by atoms with E-state index in [2.05, 4.69) is 27.9 Å². The van der Waals surface area contributed by atoms with E-state index in [1.807, 2.05) is 36.4 Å². The summed E-state index contributed by atoms with van der Waals surface area (Å²) in [5.74, 6) is 1.59. The molecule has 0 heterocycles. The molecule has 1 amide bonds. The molecule has 0 unspecified atom stereocenters. The highest BCUT2D eigenvalue weighted by Crippen LogP contribution is 2.24. The molecule has 0 atom stereocenters. The van der Waals surface area contributed by atoms with Gasteiger partial charge in [-0.2, -0.15) is 11.8 Å². The fourth-order valence-electron chi connectivity index (χ4n) is 1.79. The smallest absolute Gasteiger partial charge is 0.251 e. The van der Waals surface area contributed by atoms with E-state index in [4.69, 9.17) is 23.2 Å². The van der Waals surface area contributed by atoms with Crippen molar-refractivity contribution in [2.75, 3.05) is 12.3 Å². The number of hydrogen-bond acceptors (Lipinski definition) is 2. The summed E-state index contributed by atoms with van der Waals surface area (Å²) < 4.78 is 1.05. The lowest BCUT2D eigenvalue weighted by atomic mass is 10.2. The van der Waals surface area contributed by atoms with E-state index in [-0.39, 0.29) is 5.91 Å². The Labute approximate surface area is 158 Å². The van der Waals surface area contributed by atoms with Crippen LogP contribution in [0.25, 0.3) is 0 Å². The third kappa shape index (κ3) is 5.65. The van der Waals surface area contributed by atoms with Crippen LogP contribution in [0.5, 0.6) is 0 Å². The third-order valence-corrected chi connectivity index (χ3v) is 5.16. The van der Waals surface area contributed by atoms with Gasteiger partial charge in [0.2, 0.25) is 0 Å². The van der Waals surface area contributed by atoms with Gasteiger partial charge in [0.1, 0.15) is 0 Å². The Bertz CT molecular complexity index is 666. The fraction of sp³-hybridized carbons (Fsp3) is 0.188. The van der Waals surface area contributed by atoms with E-state index < -0.39 is 0 Å². The second kappa shape index (κ2) is 9.01. The highest BCUT2D eigenvalue weighted by Gasteiger charge is 2.05. The Hall–Kier alpha value is -0.430. The van der Waals surface area contributed by atoms with Gasteiger partial charge in [0.25, 0.3) is 5.91 Å². The number of benzene rings is 2. The summed E-state index contributed by atoms with van der Waals surface area (Å²) in [6.45, 7) is 0.625. The van der Waals surface area contributed by atoms with Crippen molar-refractivity contribution in [2.45, 2.75) is 5.75 Å². The Kier molecular flexibility index (Phi) is 7.34. The normalized spacial score (nSPS) is 10.5. The van der Waals surface area contributed by atoms with Crippen LogP contribution in [0.4, 0.5) is 0 Å². The first-order valence-corrected chi connectivity index (χ1v) is 9.60.